The average Bonchev–Trinajstić information content (AvgIpc) is 2.76. The van der Waals surface area contributed by atoms with Crippen molar-refractivity contribution in [1.82, 2.24) is 10.3 Å². The normalized spacial score (nSPS) is 17.5. The van der Waals surface area contributed by atoms with E-state index in [9.17, 15) is 9.59 Å². The van der Waals surface area contributed by atoms with Gasteiger partial charge < -0.3 is 15.6 Å². The number of nitrogens with one attached hydrogen (secondary N) is 3. The maximum Gasteiger partial charge on any atom is 0.271 e. The Morgan fingerprint density at radius 2 is 2.17 bits per heavy atom. The van der Waals surface area contributed by atoms with Crippen LogP contribution in [-0.2, 0) is 4.79 Å². The van der Waals surface area contributed by atoms with Gasteiger partial charge >= 0.3 is 0 Å². The number of aromatic amines is 1. The monoisotopic (exact) mass is 357 g/mol. The molecule has 1 fully saturated rings. The highest BCUT2D eigenvalue weighted by atomic mass is 79.9. The third kappa shape index (κ3) is 4.28. The van der Waals surface area contributed by atoms with Crippen LogP contribution in [0.3, 0.4) is 0 Å². The summed E-state index contributed by atoms with van der Waals surface area (Å²) in [6, 6.07) is 1.60. The first kappa shape index (κ1) is 17.4. The van der Waals surface area contributed by atoms with E-state index in [1.807, 2.05) is 0 Å². The fraction of sp³-hybridized carbons (Fsp3) is 0.400. The Kier molecular flexibility index (Phi) is 7.54. The number of carbonyl (C=O) groups excluding carboxylic acids is 1. The molecule has 1 amide bonds. The lowest BCUT2D eigenvalue weighted by atomic mass is 10.1. The number of H-pyrrole nitrogens is 1. The quantitative estimate of drug-likeness (QED) is 0.750. The highest BCUT2D eigenvalue weighted by molar-refractivity contribution is 9.10. The number of hydrogen-bond donors (Lipinski definition) is 3. The van der Waals surface area contributed by atoms with Crippen molar-refractivity contribution >= 4 is 52.3 Å². The van der Waals surface area contributed by atoms with E-state index in [0.717, 1.165) is 17.4 Å². The van der Waals surface area contributed by atoms with E-state index in [2.05, 4.69) is 31.5 Å². The molecule has 0 radical (unpaired) electrons. The van der Waals surface area contributed by atoms with Crippen LogP contribution in [0.5, 0.6) is 0 Å². The van der Waals surface area contributed by atoms with E-state index in [4.69, 9.17) is 0 Å². The molecule has 18 heavy (non-hydrogen) atoms. The largest absolute Gasteiger partial charge is 0.326 e. The number of rotatable bonds is 2. The Labute approximate surface area is 125 Å². The number of hydrogen-bond acceptors (Lipinski definition) is 3. The molecule has 1 saturated heterocycles. The standard InChI is InChI=1S/C10H12BrN3O2.2ClH/c11-7-3-8(10(16)13-5-7)14-9(15)6-1-2-12-4-6;;/h3,5-6,12H,1-2,4H2,(H,13,16)(H,14,15);2*1H. The van der Waals surface area contributed by atoms with Crippen LogP contribution in [0, 0.1) is 5.92 Å². The van der Waals surface area contributed by atoms with Crippen LogP contribution in [0.2, 0.25) is 0 Å². The highest BCUT2D eigenvalue weighted by Gasteiger charge is 2.22. The van der Waals surface area contributed by atoms with Crippen LogP contribution in [0.4, 0.5) is 5.69 Å². The zero-order valence-electron chi connectivity index (χ0n) is 9.36. The Bertz CT molecular complexity index is 461. The van der Waals surface area contributed by atoms with E-state index >= 15 is 0 Å². The van der Waals surface area contributed by atoms with E-state index in [1.54, 1.807) is 6.07 Å². The van der Waals surface area contributed by atoms with Crippen LogP contribution < -0.4 is 16.2 Å². The lowest BCUT2D eigenvalue weighted by Crippen LogP contribution is -2.27. The molecule has 2 rings (SSSR count). The van der Waals surface area contributed by atoms with Crippen LogP contribution in [0.25, 0.3) is 0 Å². The molecule has 1 atom stereocenters. The maximum absolute atomic E-state index is 11.8. The van der Waals surface area contributed by atoms with Gasteiger partial charge in [0.1, 0.15) is 5.69 Å². The van der Waals surface area contributed by atoms with Gasteiger partial charge in [0.25, 0.3) is 5.56 Å². The van der Waals surface area contributed by atoms with Crippen LogP contribution in [0.1, 0.15) is 6.42 Å². The summed E-state index contributed by atoms with van der Waals surface area (Å²) in [5.74, 6) is -0.146. The molecule has 1 aromatic heterocycles. The second kappa shape index (κ2) is 7.78. The average molecular weight is 359 g/mol. The summed E-state index contributed by atoms with van der Waals surface area (Å²) in [4.78, 5) is 25.7. The molecule has 3 N–H and O–H groups in total. The fourth-order valence-corrected chi connectivity index (χ4v) is 2.01. The number of pyridine rings is 1. The third-order valence-electron chi connectivity index (χ3n) is 2.56. The first-order valence-corrected chi connectivity index (χ1v) is 5.86. The molecule has 1 unspecified atom stereocenters. The number of aromatic nitrogens is 1. The zero-order valence-corrected chi connectivity index (χ0v) is 12.6. The van der Waals surface area contributed by atoms with Gasteiger partial charge in [-0.1, -0.05) is 0 Å². The maximum atomic E-state index is 11.8. The molecule has 102 valence electrons. The molecular weight excluding hydrogens is 345 g/mol. The van der Waals surface area contributed by atoms with Crippen molar-refractivity contribution in [2.45, 2.75) is 6.42 Å². The van der Waals surface area contributed by atoms with Crippen molar-refractivity contribution in [1.29, 1.82) is 0 Å². The van der Waals surface area contributed by atoms with Crippen LogP contribution >= 0.6 is 40.7 Å². The molecule has 0 spiro atoms. The SMILES string of the molecule is Cl.Cl.O=C(Nc1cc(Br)c[nH]c1=O)C1CCNC1. The summed E-state index contributed by atoms with van der Waals surface area (Å²) in [6.45, 7) is 1.53. The summed E-state index contributed by atoms with van der Waals surface area (Å²) < 4.78 is 0.729. The molecule has 0 bridgehead atoms. The van der Waals surface area contributed by atoms with E-state index < -0.39 is 0 Å². The molecule has 8 heteroatoms. The smallest absolute Gasteiger partial charge is 0.271 e. The van der Waals surface area contributed by atoms with Crippen molar-refractivity contribution in [3.63, 3.8) is 0 Å². The van der Waals surface area contributed by atoms with Crippen molar-refractivity contribution < 1.29 is 4.79 Å². The fourth-order valence-electron chi connectivity index (χ4n) is 1.66. The summed E-state index contributed by atoms with van der Waals surface area (Å²) in [5.41, 5.74) is -0.00576. The van der Waals surface area contributed by atoms with Gasteiger partial charge in [-0.25, -0.2) is 0 Å². The number of halogens is 3. The van der Waals surface area contributed by atoms with Crippen LogP contribution in [-0.4, -0.2) is 24.0 Å². The van der Waals surface area contributed by atoms with E-state index in [0.29, 0.717) is 6.54 Å². The summed E-state index contributed by atoms with van der Waals surface area (Å²) in [7, 11) is 0. The number of anilines is 1. The Balaban J connectivity index is 0.00000144. The molecule has 2 heterocycles. The minimum absolute atomic E-state index is 0. The second-order valence-electron chi connectivity index (χ2n) is 3.74. The Morgan fingerprint density at radius 1 is 1.44 bits per heavy atom. The lowest BCUT2D eigenvalue weighted by molar-refractivity contribution is -0.119. The molecule has 0 saturated carbocycles. The minimum atomic E-state index is -0.289. The highest BCUT2D eigenvalue weighted by Crippen LogP contribution is 2.13. The number of amides is 1. The van der Waals surface area contributed by atoms with Crippen molar-refractivity contribution in [2.24, 2.45) is 5.92 Å². The molecule has 5 nitrogen and oxygen atoms in total. The van der Waals surface area contributed by atoms with Gasteiger partial charge in [-0.15, -0.1) is 24.8 Å². The van der Waals surface area contributed by atoms with Crippen molar-refractivity contribution in [3.05, 3.63) is 27.1 Å². The Hall–Kier alpha value is -0.560. The van der Waals surface area contributed by atoms with Crippen molar-refractivity contribution in [2.75, 3.05) is 18.4 Å². The van der Waals surface area contributed by atoms with Gasteiger partial charge in [-0.2, -0.15) is 0 Å². The molecule has 1 aliphatic heterocycles. The Morgan fingerprint density at radius 3 is 2.78 bits per heavy atom. The zero-order chi connectivity index (χ0) is 11.5. The second-order valence-corrected chi connectivity index (χ2v) is 4.66. The number of carbonyl (C=O) groups is 1. The topological polar surface area (TPSA) is 74.0 Å². The van der Waals surface area contributed by atoms with Gasteiger partial charge in [0.15, 0.2) is 0 Å². The molecule has 0 aromatic carbocycles. The van der Waals surface area contributed by atoms with E-state index in [1.165, 1.54) is 6.20 Å². The molecule has 1 aromatic rings. The predicted molar refractivity (Wildman–Crippen MR) is 78.9 cm³/mol. The van der Waals surface area contributed by atoms with Gasteiger partial charge in [0.05, 0.1) is 5.92 Å². The third-order valence-corrected chi connectivity index (χ3v) is 3.01. The first-order valence-electron chi connectivity index (χ1n) is 5.06. The predicted octanol–water partition coefficient (Wildman–Crippen LogP) is 1.53. The van der Waals surface area contributed by atoms with Gasteiger partial charge in [-0.05, 0) is 35.0 Å². The molecule has 0 aliphatic carbocycles. The molecular formula is C10H14BrCl2N3O2. The minimum Gasteiger partial charge on any atom is -0.326 e. The van der Waals surface area contributed by atoms with Gasteiger partial charge in [-0.3, -0.25) is 9.59 Å². The van der Waals surface area contributed by atoms with E-state index in [-0.39, 0.29) is 47.9 Å². The lowest BCUT2D eigenvalue weighted by Gasteiger charge is -2.09. The first-order chi connectivity index (χ1) is 7.66. The summed E-state index contributed by atoms with van der Waals surface area (Å²) in [5, 5.41) is 5.75. The van der Waals surface area contributed by atoms with Crippen LogP contribution in [0.15, 0.2) is 21.5 Å². The van der Waals surface area contributed by atoms with Crippen molar-refractivity contribution in [3.8, 4) is 0 Å². The summed E-state index contributed by atoms with van der Waals surface area (Å²) >= 11 is 3.24. The van der Waals surface area contributed by atoms with Gasteiger partial charge in [0, 0.05) is 17.2 Å². The summed E-state index contributed by atoms with van der Waals surface area (Å²) in [6.07, 6.45) is 2.35. The molecule has 1 aliphatic rings. The van der Waals surface area contributed by atoms with Gasteiger partial charge in [0.2, 0.25) is 5.91 Å².